The topological polar surface area (TPSA) is 52.6 Å². The van der Waals surface area contributed by atoms with Crippen molar-refractivity contribution in [2.24, 2.45) is 10.8 Å². The fourth-order valence-corrected chi connectivity index (χ4v) is 2.71. The maximum absolute atomic E-state index is 12.8. The van der Waals surface area contributed by atoms with Gasteiger partial charge in [0.25, 0.3) is 0 Å². The van der Waals surface area contributed by atoms with E-state index in [9.17, 15) is 9.59 Å². The molecule has 0 spiro atoms. The van der Waals surface area contributed by atoms with Crippen LogP contribution in [0.4, 0.5) is 0 Å². The Morgan fingerprint density at radius 2 is 0.958 bits per heavy atom. The molecule has 1 rings (SSSR count). The lowest BCUT2D eigenvalue weighted by atomic mass is 9.72. The van der Waals surface area contributed by atoms with Crippen LogP contribution in [0.5, 0.6) is 0 Å². The minimum Gasteiger partial charge on any atom is -0.489 e. The molecule has 0 fully saturated rings. The third-order valence-electron chi connectivity index (χ3n) is 3.72. The monoisotopic (exact) mass is 336 g/mol. The maximum Gasteiger partial charge on any atom is 0.233 e. The highest BCUT2D eigenvalue weighted by molar-refractivity contribution is 6.50. The molecule has 0 radical (unpaired) electrons. The molecule has 0 aliphatic heterocycles. The molecule has 0 heterocycles. The number of Topliss-reactive ketones (excluding diaryl/α,β-unsaturated/α-hetero) is 2. The Kier molecular flexibility index (Phi) is 6.43. The van der Waals surface area contributed by atoms with E-state index in [4.69, 9.17) is 9.47 Å². The lowest BCUT2D eigenvalue weighted by molar-refractivity contribution is -0.134. The highest BCUT2D eigenvalue weighted by Gasteiger charge is 2.45. The van der Waals surface area contributed by atoms with Crippen LogP contribution in [0.15, 0.2) is 22.7 Å². The van der Waals surface area contributed by atoms with Gasteiger partial charge in [0.2, 0.25) is 11.6 Å². The third-order valence-corrected chi connectivity index (χ3v) is 3.72. The van der Waals surface area contributed by atoms with Gasteiger partial charge in [-0.25, -0.2) is 0 Å². The maximum atomic E-state index is 12.8. The molecule has 0 amide bonds. The van der Waals surface area contributed by atoms with Gasteiger partial charge in [0.15, 0.2) is 11.5 Å². The van der Waals surface area contributed by atoms with Crippen LogP contribution in [0, 0.1) is 10.8 Å². The Labute approximate surface area is 146 Å². The molecule has 0 saturated carbocycles. The number of ketones is 2. The normalized spacial score (nSPS) is 16.8. The smallest absolute Gasteiger partial charge is 0.233 e. The van der Waals surface area contributed by atoms with E-state index in [1.165, 1.54) is 0 Å². The molecule has 0 unspecified atom stereocenters. The standard InChI is InChI=1S/C20H32O4/c1-9-11-23-17-13(19(3,4)5)15(21)16(22)14(20(6,7)8)18(17)24-12-10-2/h9-12H2,1-8H3. The number of allylic oxidation sites excluding steroid dienone is 2. The molecule has 0 aromatic heterocycles. The molecule has 4 heteroatoms. The summed E-state index contributed by atoms with van der Waals surface area (Å²) < 4.78 is 11.9. The van der Waals surface area contributed by atoms with Crippen molar-refractivity contribution in [2.75, 3.05) is 13.2 Å². The van der Waals surface area contributed by atoms with Crippen molar-refractivity contribution in [1.82, 2.24) is 0 Å². The largest absolute Gasteiger partial charge is 0.489 e. The van der Waals surface area contributed by atoms with Crippen molar-refractivity contribution in [3.8, 4) is 0 Å². The van der Waals surface area contributed by atoms with Crippen LogP contribution >= 0.6 is 0 Å². The molecule has 1 aliphatic rings. The van der Waals surface area contributed by atoms with Crippen LogP contribution in [-0.4, -0.2) is 24.8 Å². The van der Waals surface area contributed by atoms with E-state index in [2.05, 4.69) is 0 Å². The van der Waals surface area contributed by atoms with Gasteiger partial charge in [-0.05, 0) is 23.7 Å². The average molecular weight is 336 g/mol. The molecule has 4 nitrogen and oxygen atoms in total. The van der Waals surface area contributed by atoms with Crippen LogP contribution in [-0.2, 0) is 19.1 Å². The summed E-state index contributed by atoms with van der Waals surface area (Å²) in [6.07, 6.45) is 1.63. The Morgan fingerprint density at radius 1 is 0.667 bits per heavy atom. The van der Waals surface area contributed by atoms with Crippen molar-refractivity contribution in [2.45, 2.75) is 68.2 Å². The number of hydrogen-bond acceptors (Lipinski definition) is 4. The van der Waals surface area contributed by atoms with Crippen molar-refractivity contribution in [3.63, 3.8) is 0 Å². The number of ether oxygens (including phenoxy) is 2. The summed E-state index contributed by atoms with van der Waals surface area (Å²) >= 11 is 0. The van der Waals surface area contributed by atoms with Crippen LogP contribution < -0.4 is 0 Å². The van der Waals surface area contributed by atoms with E-state index in [0.717, 1.165) is 12.8 Å². The summed E-state index contributed by atoms with van der Waals surface area (Å²) in [4.78, 5) is 25.7. The second-order valence-corrected chi connectivity index (χ2v) is 8.26. The zero-order valence-corrected chi connectivity index (χ0v) is 16.5. The Balaban J connectivity index is 3.71. The molecular weight excluding hydrogens is 304 g/mol. The minimum absolute atomic E-state index is 0.417. The predicted octanol–water partition coefficient (Wildman–Crippen LogP) is 4.59. The Morgan fingerprint density at radius 3 is 1.17 bits per heavy atom. The van der Waals surface area contributed by atoms with Crippen LogP contribution in [0.3, 0.4) is 0 Å². The van der Waals surface area contributed by atoms with Crippen molar-refractivity contribution in [3.05, 3.63) is 22.7 Å². The fraction of sp³-hybridized carbons (Fsp3) is 0.700. The predicted molar refractivity (Wildman–Crippen MR) is 95.5 cm³/mol. The number of rotatable bonds is 6. The zero-order valence-electron chi connectivity index (χ0n) is 16.5. The van der Waals surface area contributed by atoms with E-state index >= 15 is 0 Å². The first-order valence-corrected chi connectivity index (χ1v) is 8.81. The van der Waals surface area contributed by atoms with Gasteiger partial charge in [0.1, 0.15) is 0 Å². The van der Waals surface area contributed by atoms with E-state index in [0.29, 0.717) is 35.9 Å². The van der Waals surface area contributed by atoms with Gasteiger partial charge < -0.3 is 9.47 Å². The van der Waals surface area contributed by atoms with Crippen molar-refractivity contribution >= 4 is 11.6 Å². The molecule has 0 bridgehead atoms. The lowest BCUT2D eigenvalue weighted by Crippen LogP contribution is -2.37. The number of carbonyl (C=O) groups is 2. The van der Waals surface area contributed by atoms with Gasteiger partial charge in [-0.1, -0.05) is 55.4 Å². The van der Waals surface area contributed by atoms with Gasteiger partial charge >= 0.3 is 0 Å². The summed E-state index contributed by atoms with van der Waals surface area (Å²) in [6, 6.07) is 0. The molecule has 136 valence electrons. The van der Waals surface area contributed by atoms with Crippen molar-refractivity contribution < 1.29 is 19.1 Å². The van der Waals surface area contributed by atoms with Gasteiger partial charge in [-0.15, -0.1) is 0 Å². The first kappa shape index (κ1) is 20.5. The lowest BCUT2D eigenvalue weighted by Gasteiger charge is -2.34. The summed E-state index contributed by atoms with van der Waals surface area (Å²) in [7, 11) is 0. The van der Waals surface area contributed by atoms with E-state index < -0.39 is 22.4 Å². The highest BCUT2D eigenvalue weighted by Crippen LogP contribution is 2.42. The molecule has 0 aromatic rings. The van der Waals surface area contributed by atoms with Crippen LogP contribution in [0.2, 0.25) is 0 Å². The number of hydrogen-bond donors (Lipinski definition) is 0. The van der Waals surface area contributed by atoms with E-state index in [-0.39, 0.29) is 0 Å². The van der Waals surface area contributed by atoms with Crippen LogP contribution in [0.1, 0.15) is 68.2 Å². The third kappa shape index (κ3) is 4.28. The van der Waals surface area contributed by atoms with E-state index in [1.54, 1.807) is 0 Å². The summed E-state index contributed by atoms with van der Waals surface area (Å²) in [6.45, 7) is 16.5. The quantitative estimate of drug-likeness (QED) is 0.526. The summed E-state index contributed by atoms with van der Waals surface area (Å²) in [5, 5.41) is 0. The zero-order chi connectivity index (χ0) is 18.7. The van der Waals surface area contributed by atoms with Crippen molar-refractivity contribution in [1.29, 1.82) is 0 Å². The molecule has 1 aliphatic carbocycles. The Bertz CT molecular complexity index is 513. The summed E-state index contributed by atoms with van der Waals surface area (Å²) in [5.41, 5.74) is -0.166. The van der Waals surface area contributed by atoms with Gasteiger partial charge in [0, 0.05) is 0 Å². The SMILES string of the molecule is CCCOC1=C(C(C)(C)C)C(=O)C(=O)C(C(C)(C)C)=C1OCCC. The van der Waals surface area contributed by atoms with Gasteiger partial charge in [0.05, 0.1) is 24.4 Å². The summed E-state index contributed by atoms with van der Waals surface area (Å²) in [5.74, 6) is -0.0376. The van der Waals surface area contributed by atoms with Crippen LogP contribution in [0.25, 0.3) is 0 Å². The second-order valence-electron chi connectivity index (χ2n) is 8.26. The average Bonchev–Trinajstić information content (AvgIpc) is 2.43. The first-order chi connectivity index (χ1) is 11.0. The minimum atomic E-state index is -0.500. The molecule has 0 atom stereocenters. The first-order valence-electron chi connectivity index (χ1n) is 8.81. The number of carbonyl (C=O) groups excluding carboxylic acids is 2. The molecule has 24 heavy (non-hydrogen) atoms. The molecule has 0 saturated heterocycles. The van der Waals surface area contributed by atoms with E-state index in [1.807, 2.05) is 55.4 Å². The van der Waals surface area contributed by atoms with Gasteiger partial charge in [-0.3, -0.25) is 9.59 Å². The highest BCUT2D eigenvalue weighted by atomic mass is 16.5. The molecule has 0 aromatic carbocycles. The fourth-order valence-electron chi connectivity index (χ4n) is 2.71. The molecule has 0 N–H and O–H groups in total. The Hall–Kier alpha value is -1.58. The van der Waals surface area contributed by atoms with Gasteiger partial charge in [-0.2, -0.15) is 0 Å². The second kappa shape index (κ2) is 7.54. The molecular formula is C20H32O4.